The number of benzene rings is 2. The standard InChI is InChI=1S/C16H13N5O2S/c1-10(18-20-12-7-3-2-6-11(12)15(22)23)19-21-16-17-13-8-4-5-9-14(13)24-16/h2-9,20H,1H3,(H,22,23)/b18-10-,21-19?. The van der Waals surface area contributed by atoms with E-state index >= 15 is 0 Å². The number of carbonyl (C=O) groups is 1. The lowest BCUT2D eigenvalue weighted by Crippen LogP contribution is -2.03. The van der Waals surface area contributed by atoms with Gasteiger partial charge in [-0.05, 0) is 31.2 Å². The minimum absolute atomic E-state index is 0.136. The Hall–Kier alpha value is -3.13. The molecule has 2 N–H and O–H groups in total. The van der Waals surface area contributed by atoms with Crippen LogP contribution in [0.4, 0.5) is 10.8 Å². The molecule has 0 aliphatic heterocycles. The maximum absolute atomic E-state index is 11.1. The zero-order valence-corrected chi connectivity index (χ0v) is 13.5. The van der Waals surface area contributed by atoms with Crippen LogP contribution >= 0.6 is 11.3 Å². The number of thiazole rings is 1. The molecule has 1 aromatic heterocycles. The lowest BCUT2D eigenvalue weighted by molar-refractivity contribution is 0.0698. The third kappa shape index (κ3) is 3.61. The summed E-state index contributed by atoms with van der Waals surface area (Å²) in [5.41, 5.74) is 4.09. The summed E-state index contributed by atoms with van der Waals surface area (Å²) in [6, 6.07) is 14.2. The number of hydrogen-bond acceptors (Lipinski definition) is 6. The Morgan fingerprint density at radius 3 is 2.71 bits per heavy atom. The first-order valence-corrected chi connectivity index (χ1v) is 7.85. The third-order valence-corrected chi connectivity index (χ3v) is 3.98. The number of hydrogen-bond donors (Lipinski definition) is 2. The maximum atomic E-state index is 11.1. The summed E-state index contributed by atoms with van der Waals surface area (Å²) in [5, 5.41) is 21.7. The molecule has 0 fully saturated rings. The monoisotopic (exact) mass is 339 g/mol. The summed E-state index contributed by atoms with van der Waals surface area (Å²) in [6.07, 6.45) is 0. The summed E-state index contributed by atoms with van der Waals surface area (Å²) in [4.78, 5) is 15.5. The highest BCUT2D eigenvalue weighted by Gasteiger charge is 2.08. The van der Waals surface area contributed by atoms with Crippen LogP contribution in [0, 0.1) is 0 Å². The fourth-order valence-electron chi connectivity index (χ4n) is 1.95. The second kappa shape index (κ2) is 6.97. The van der Waals surface area contributed by atoms with Crippen LogP contribution in [0.3, 0.4) is 0 Å². The van der Waals surface area contributed by atoms with Crippen LogP contribution in [0.5, 0.6) is 0 Å². The SMILES string of the molecule is C/C(N=Nc1nc2ccccc2s1)=N/Nc1ccccc1C(=O)O. The van der Waals surface area contributed by atoms with Crippen molar-refractivity contribution >= 4 is 44.2 Å². The Morgan fingerprint density at radius 1 is 1.17 bits per heavy atom. The lowest BCUT2D eigenvalue weighted by atomic mass is 10.2. The largest absolute Gasteiger partial charge is 0.478 e. The van der Waals surface area contributed by atoms with Crippen LogP contribution < -0.4 is 5.43 Å². The normalized spacial score (nSPS) is 12.0. The Balaban J connectivity index is 1.73. The van der Waals surface area contributed by atoms with Crippen LogP contribution in [-0.4, -0.2) is 21.9 Å². The first-order chi connectivity index (χ1) is 11.6. The van der Waals surface area contributed by atoms with Crippen molar-refractivity contribution < 1.29 is 9.90 Å². The van der Waals surface area contributed by atoms with Gasteiger partial charge in [0.25, 0.3) is 0 Å². The van der Waals surface area contributed by atoms with Gasteiger partial charge in [-0.1, -0.05) is 35.6 Å². The molecule has 0 unspecified atom stereocenters. The predicted molar refractivity (Wildman–Crippen MR) is 94.3 cm³/mol. The Morgan fingerprint density at radius 2 is 1.92 bits per heavy atom. The molecular formula is C16H13N5O2S. The number of fused-ring (bicyclic) bond motifs is 1. The Bertz CT molecular complexity index is 915. The molecule has 0 aliphatic rings. The molecule has 0 spiro atoms. The van der Waals surface area contributed by atoms with E-state index in [9.17, 15) is 4.79 Å². The first kappa shape index (κ1) is 15.8. The lowest BCUT2D eigenvalue weighted by Gasteiger charge is -2.04. The summed E-state index contributed by atoms with van der Waals surface area (Å²) in [6.45, 7) is 1.66. The quantitative estimate of drug-likeness (QED) is 0.316. The number of carboxylic acid groups (broad SMARTS) is 1. The minimum atomic E-state index is -1.03. The molecule has 0 bridgehead atoms. The number of hydrazone groups is 1. The van der Waals surface area contributed by atoms with E-state index in [4.69, 9.17) is 5.11 Å². The van der Waals surface area contributed by atoms with E-state index < -0.39 is 5.97 Å². The van der Waals surface area contributed by atoms with Gasteiger partial charge in [0.1, 0.15) is 0 Å². The van der Waals surface area contributed by atoms with Gasteiger partial charge in [0.15, 0.2) is 5.84 Å². The molecule has 3 rings (SSSR count). The smallest absolute Gasteiger partial charge is 0.337 e. The molecule has 0 radical (unpaired) electrons. The van der Waals surface area contributed by atoms with Gasteiger partial charge in [-0.2, -0.15) is 5.10 Å². The summed E-state index contributed by atoms with van der Waals surface area (Å²) in [5.74, 6) is -0.670. The second-order valence-corrected chi connectivity index (χ2v) is 5.79. The molecular weight excluding hydrogens is 326 g/mol. The number of para-hydroxylation sites is 2. The fraction of sp³-hybridized carbons (Fsp3) is 0.0625. The van der Waals surface area contributed by atoms with E-state index in [1.165, 1.54) is 17.4 Å². The van der Waals surface area contributed by atoms with Crippen LogP contribution in [-0.2, 0) is 0 Å². The van der Waals surface area contributed by atoms with Crippen LogP contribution in [0.2, 0.25) is 0 Å². The second-order valence-electron chi connectivity index (χ2n) is 4.79. The predicted octanol–water partition coefficient (Wildman–Crippen LogP) is 4.52. The molecule has 0 saturated heterocycles. The highest BCUT2D eigenvalue weighted by atomic mass is 32.1. The van der Waals surface area contributed by atoms with Gasteiger partial charge in [-0.15, -0.1) is 10.2 Å². The molecule has 3 aromatic rings. The summed E-state index contributed by atoms with van der Waals surface area (Å²) < 4.78 is 1.04. The molecule has 7 nitrogen and oxygen atoms in total. The zero-order valence-electron chi connectivity index (χ0n) is 12.7. The molecule has 0 atom stereocenters. The van der Waals surface area contributed by atoms with Gasteiger partial charge in [0.05, 0.1) is 21.5 Å². The molecule has 120 valence electrons. The van der Waals surface area contributed by atoms with Gasteiger partial charge >= 0.3 is 5.97 Å². The highest BCUT2D eigenvalue weighted by Crippen LogP contribution is 2.27. The van der Waals surface area contributed by atoms with E-state index in [0.717, 1.165) is 10.2 Å². The summed E-state index contributed by atoms with van der Waals surface area (Å²) in [7, 11) is 0. The van der Waals surface area contributed by atoms with Crippen LogP contribution in [0.1, 0.15) is 17.3 Å². The fourth-order valence-corrected chi connectivity index (χ4v) is 2.74. The summed E-state index contributed by atoms with van der Waals surface area (Å²) >= 11 is 1.44. The number of rotatable bonds is 4. The molecule has 0 aliphatic carbocycles. The minimum Gasteiger partial charge on any atom is -0.478 e. The third-order valence-electron chi connectivity index (χ3n) is 3.06. The maximum Gasteiger partial charge on any atom is 0.337 e. The first-order valence-electron chi connectivity index (χ1n) is 7.03. The Kier molecular flexibility index (Phi) is 4.57. The molecule has 0 amide bonds. The van der Waals surface area contributed by atoms with Crippen molar-refractivity contribution in [2.45, 2.75) is 6.92 Å². The number of anilines is 1. The van der Waals surface area contributed by atoms with Gasteiger partial charge in [-0.3, -0.25) is 5.43 Å². The average molecular weight is 339 g/mol. The van der Waals surface area contributed by atoms with E-state index in [1.807, 2.05) is 24.3 Å². The van der Waals surface area contributed by atoms with Gasteiger partial charge in [0, 0.05) is 0 Å². The van der Waals surface area contributed by atoms with E-state index in [1.54, 1.807) is 25.1 Å². The molecule has 24 heavy (non-hydrogen) atoms. The van der Waals surface area contributed by atoms with Crippen molar-refractivity contribution in [2.75, 3.05) is 5.43 Å². The average Bonchev–Trinajstić information content (AvgIpc) is 3.01. The van der Waals surface area contributed by atoms with Crippen LogP contribution in [0.25, 0.3) is 10.2 Å². The molecule has 0 saturated carbocycles. The number of azo groups is 1. The molecule has 2 aromatic carbocycles. The van der Waals surface area contributed by atoms with E-state index in [-0.39, 0.29) is 5.56 Å². The van der Waals surface area contributed by atoms with Crippen LogP contribution in [0.15, 0.2) is 63.9 Å². The van der Waals surface area contributed by atoms with Crippen molar-refractivity contribution in [3.8, 4) is 0 Å². The van der Waals surface area contributed by atoms with Gasteiger partial charge in [0.2, 0.25) is 5.13 Å². The van der Waals surface area contributed by atoms with Crippen molar-refractivity contribution in [1.29, 1.82) is 0 Å². The Labute approximate surface area is 141 Å². The zero-order chi connectivity index (χ0) is 16.9. The number of nitrogens with zero attached hydrogens (tertiary/aromatic N) is 4. The van der Waals surface area contributed by atoms with E-state index in [2.05, 4.69) is 25.7 Å². The van der Waals surface area contributed by atoms with E-state index in [0.29, 0.717) is 16.7 Å². The van der Waals surface area contributed by atoms with Gasteiger partial charge in [-0.25, -0.2) is 9.78 Å². The van der Waals surface area contributed by atoms with Crippen molar-refractivity contribution in [2.24, 2.45) is 15.3 Å². The van der Waals surface area contributed by atoms with Crippen molar-refractivity contribution in [1.82, 2.24) is 4.98 Å². The number of amidine groups is 1. The van der Waals surface area contributed by atoms with Crippen molar-refractivity contribution in [3.05, 3.63) is 54.1 Å². The molecule has 1 heterocycles. The highest BCUT2D eigenvalue weighted by molar-refractivity contribution is 7.21. The van der Waals surface area contributed by atoms with Crippen molar-refractivity contribution in [3.63, 3.8) is 0 Å². The topological polar surface area (TPSA) is 99.3 Å². The molecule has 8 heteroatoms. The number of aromatic nitrogens is 1. The van der Waals surface area contributed by atoms with Gasteiger partial charge < -0.3 is 5.11 Å². The number of nitrogens with one attached hydrogen (secondary N) is 1. The number of carboxylic acids is 1. The number of aromatic carboxylic acids is 1.